The SMILES string of the molecule is O=C(Nc1ccccc1-c1ccccc1)N1CCC(O)C(O)C1. The van der Waals surface area contributed by atoms with Gasteiger partial charge in [-0.15, -0.1) is 0 Å². The number of aliphatic hydroxyl groups is 2. The van der Waals surface area contributed by atoms with Crippen LogP contribution in [0, 0.1) is 0 Å². The van der Waals surface area contributed by atoms with Gasteiger partial charge in [-0.2, -0.15) is 0 Å². The van der Waals surface area contributed by atoms with Crippen LogP contribution in [0.2, 0.25) is 0 Å². The first-order valence-corrected chi connectivity index (χ1v) is 7.71. The van der Waals surface area contributed by atoms with Gasteiger partial charge in [-0.05, 0) is 18.1 Å². The summed E-state index contributed by atoms with van der Waals surface area (Å²) in [5.74, 6) is 0. The molecule has 1 heterocycles. The highest BCUT2D eigenvalue weighted by Crippen LogP contribution is 2.28. The van der Waals surface area contributed by atoms with Crippen LogP contribution in [0.25, 0.3) is 11.1 Å². The van der Waals surface area contributed by atoms with E-state index >= 15 is 0 Å². The Hall–Kier alpha value is -2.37. The summed E-state index contributed by atoms with van der Waals surface area (Å²) < 4.78 is 0. The number of likely N-dealkylation sites (tertiary alicyclic amines) is 1. The van der Waals surface area contributed by atoms with Gasteiger partial charge in [0.1, 0.15) is 0 Å². The Balaban J connectivity index is 1.77. The van der Waals surface area contributed by atoms with Crippen LogP contribution in [0.15, 0.2) is 54.6 Å². The summed E-state index contributed by atoms with van der Waals surface area (Å²) in [5, 5.41) is 22.2. The lowest BCUT2D eigenvalue weighted by molar-refractivity contribution is -0.0263. The molecule has 0 saturated carbocycles. The van der Waals surface area contributed by atoms with Crippen LogP contribution in [0.1, 0.15) is 6.42 Å². The van der Waals surface area contributed by atoms with Crippen molar-refractivity contribution in [3.63, 3.8) is 0 Å². The number of aliphatic hydroxyl groups excluding tert-OH is 2. The summed E-state index contributed by atoms with van der Waals surface area (Å²) in [6.45, 7) is 0.568. The van der Waals surface area contributed by atoms with Crippen molar-refractivity contribution in [2.45, 2.75) is 18.6 Å². The molecule has 5 heteroatoms. The zero-order valence-electron chi connectivity index (χ0n) is 12.7. The molecule has 2 atom stereocenters. The van der Waals surface area contributed by atoms with Gasteiger partial charge in [0.2, 0.25) is 0 Å². The van der Waals surface area contributed by atoms with Crippen LogP contribution < -0.4 is 5.32 Å². The Kier molecular flexibility index (Phi) is 4.60. The van der Waals surface area contributed by atoms with Gasteiger partial charge in [0.25, 0.3) is 0 Å². The van der Waals surface area contributed by atoms with Crippen LogP contribution in [0.4, 0.5) is 10.5 Å². The second-order valence-corrected chi connectivity index (χ2v) is 5.71. The number of piperidine rings is 1. The van der Waals surface area contributed by atoms with Crippen molar-refractivity contribution in [1.82, 2.24) is 4.90 Å². The molecule has 2 aromatic carbocycles. The van der Waals surface area contributed by atoms with E-state index in [9.17, 15) is 15.0 Å². The predicted molar refractivity (Wildman–Crippen MR) is 89.1 cm³/mol. The minimum Gasteiger partial charge on any atom is -0.390 e. The fraction of sp³-hybridized carbons (Fsp3) is 0.278. The second-order valence-electron chi connectivity index (χ2n) is 5.71. The van der Waals surface area contributed by atoms with E-state index in [0.29, 0.717) is 13.0 Å². The molecule has 1 aliphatic rings. The van der Waals surface area contributed by atoms with Crippen LogP contribution in [0.5, 0.6) is 0 Å². The van der Waals surface area contributed by atoms with Gasteiger partial charge in [-0.1, -0.05) is 48.5 Å². The van der Waals surface area contributed by atoms with E-state index in [-0.39, 0.29) is 12.6 Å². The number of nitrogens with zero attached hydrogens (tertiary/aromatic N) is 1. The maximum absolute atomic E-state index is 12.4. The molecule has 2 unspecified atom stereocenters. The number of hydrogen-bond acceptors (Lipinski definition) is 3. The molecule has 2 amide bonds. The van der Waals surface area contributed by atoms with Crippen LogP contribution in [0.3, 0.4) is 0 Å². The van der Waals surface area contributed by atoms with Crippen molar-refractivity contribution in [1.29, 1.82) is 0 Å². The molecule has 2 aromatic rings. The molecule has 23 heavy (non-hydrogen) atoms. The topological polar surface area (TPSA) is 72.8 Å². The second kappa shape index (κ2) is 6.81. The van der Waals surface area contributed by atoms with Gasteiger partial charge in [0.15, 0.2) is 0 Å². The third kappa shape index (κ3) is 3.52. The van der Waals surface area contributed by atoms with Gasteiger partial charge >= 0.3 is 6.03 Å². The predicted octanol–water partition coefficient (Wildman–Crippen LogP) is 2.31. The van der Waals surface area contributed by atoms with Crippen molar-refractivity contribution in [3.8, 4) is 11.1 Å². The van der Waals surface area contributed by atoms with Gasteiger partial charge in [-0.3, -0.25) is 0 Å². The lowest BCUT2D eigenvalue weighted by atomic mass is 10.0. The number of hydrogen-bond donors (Lipinski definition) is 3. The fourth-order valence-electron chi connectivity index (χ4n) is 2.76. The van der Waals surface area contributed by atoms with Gasteiger partial charge in [0.05, 0.1) is 24.4 Å². The number of β-amino-alcohol motifs (C(OH)–C–C–N with tert-alkyl or cyclic N) is 1. The summed E-state index contributed by atoms with van der Waals surface area (Å²) in [5.41, 5.74) is 2.70. The van der Waals surface area contributed by atoms with E-state index in [2.05, 4.69) is 5.32 Å². The van der Waals surface area contributed by atoms with Crippen molar-refractivity contribution in [2.75, 3.05) is 18.4 Å². The van der Waals surface area contributed by atoms with E-state index in [1.807, 2.05) is 54.6 Å². The highest BCUT2D eigenvalue weighted by Gasteiger charge is 2.28. The van der Waals surface area contributed by atoms with Crippen molar-refractivity contribution in [3.05, 3.63) is 54.6 Å². The molecule has 5 nitrogen and oxygen atoms in total. The molecular formula is C18H20N2O3. The normalized spacial score (nSPS) is 21.0. The highest BCUT2D eigenvalue weighted by molar-refractivity contribution is 5.94. The molecule has 3 rings (SSSR count). The molecule has 1 fully saturated rings. The van der Waals surface area contributed by atoms with Crippen LogP contribution in [-0.4, -0.2) is 46.4 Å². The third-order valence-corrected chi connectivity index (χ3v) is 4.09. The molecule has 3 N–H and O–H groups in total. The lowest BCUT2D eigenvalue weighted by Crippen LogP contribution is -2.50. The van der Waals surface area contributed by atoms with Gasteiger partial charge in [-0.25, -0.2) is 4.79 Å². The minimum atomic E-state index is -0.890. The number of carbonyl (C=O) groups is 1. The van der Waals surface area contributed by atoms with E-state index in [1.54, 1.807) is 0 Å². The van der Waals surface area contributed by atoms with Crippen molar-refractivity contribution < 1.29 is 15.0 Å². The van der Waals surface area contributed by atoms with E-state index in [1.165, 1.54) is 4.90 Å². The Morgan fingerprint density at radius 1 is 1.00 bits per heavy atom. The molecule has 0 bridgehead atoms. The first kappa shape index (κ1) is 15.5. The Labute approximate surface area is 135 Å². The number of anilines is 1. The third-order valence-electron chi connectivity index (χ3n) is 4.09. The van der Waals surface area contributed by atoms with E-state index < -0.39 is 12.2 Å². The summed E-state index contributed by atoms with van der Waals surface area (Å²) in [4.78, 5) is 14.0. The van der Waals surface area contributed by atoms with Gasteiger partial charge < -0.3 is 20.4 Å². The van der Waals surface area contributed by atoms with Gasteiger partial charge in [0, 0.05) is 12.1 Å². The molecule has 1 saturated heterocycles. The first-order chi connectivity index (χ1) is 11.1. The lowest BCUT2D eigenvalue weighted by Gasteiger charge is -2.33. The van der Waals surface area contributed by atoms with Crippen molar-refractivity contribution >= 4 is 11.7 Å². The summed E-state index contributed by atoms with van der Waals surface area (Å²) in [6, 6.07) is 17.2. The zero-order chi connectivity index (χ0) is 16.2. The molecule has 0 aromatic heterocycles. The number of amides is 2. The molecule has 120 valence electrons. The standard InChI is InChI=1S/C18H20N2O3/c21-16-10-11-20(12-17(16)22)18(23)19-15-9-5-4-8-14(15)13-6-2-1-3-7-13/h1-9,16-17,21-22H,10-12H2,(H,19,23). The zero-order valence-corrected chi connectivity index (χ0v) is 12.7. The maximum atomic E-state index is 12.4. The minimum absolute atomic E-state index is 0.139. The number of para-hydroxylation sites is 1. The van der Waals surface area contributed by atoms with Crippen molar-refractivity contribution in [2.24, 2.45) is 0 Å². The maximum Gasteiger partial charge on any atom is 0.321 e. The smallest absolute Gasteiger partial charge is 0.321 e. The van der Waals surface area contributed by atoms with Crippen LogP contribution in [-0.2, 0) is 0 Å². The number of rotatable bonds is 2. The van der Waals surface area contributed by atoms with E-state index in [4.69, 9.17) is 0 Å². The van der Waals surface area contributed by atoms with Crippen LogP contribution >= 0.6 is 0 Å². The number of benzene rings is 2. The number of urea groups is 1. The summed E-state index contributed by atoms with van der Waals surface area (Å²) >= 11 is 0. The molecule has 0 radical (unpaired) electrons. The molecular weight excluding hydrogens is 292 g/mol. The number of carbonyl (C=O) groups excluding carboxylic acids is 1. The average Bonchev–Trinajstić information content (AvgIpc) is 2.58. The fourth-order valence-corrected chi connectivity index (χ4v) is 2.76. The molecule has 0 spiro atoms. The first-order valence-electron chi connectivity index (χ1n) is 7.71. The molecule has 1 aliphatic heterocycles. The Morgan fingerprint density at radius 2 is 1.70 bits per heavy atom. The quantitative estimate of drug-likeness (QED) is 0.797. The summed E-state index contributed by atoms with van der Waals surface area (Å²) in [7, 11) is 0. The monoisotopic (exact) mass is 312 g/mol. The Bertz CT molecular complexity index is 675. The Morgan fingerprint density at radius 3 is 2.43 bits per heavy atom. The largest absolute Gasteiger partial charge is 0.390 e. The average molecular weight is 312 g/mol. The number of nitrogens with one attached hydrogen (secondary N) is 1. The van der Waals surface area contributed by atoms with E-state index in [0.717, 1.165) is 16.8 Å². The molecule has 0 aliphatic carbocycles. The highest BCUT2D eigenvalue weighted by atomic mass is 16.3. The summed E-state index contributed by atoms with van der Waals surface area (Å²) in [6.07, 6.45) is -1.26.